The molecule has 0 saturated heterocycles. The summed E-state index contributed by atoms with van der Waals surface area (Å²) < 4.78 is 1.27. The molecule has 25 heavy (non-hydrogen) atoms. The van der Waals surface area contributed by atoms with Gasteiger partial charge >= 0.3 is 5.97 Å². The van der Waals surface area contributed by atoms with Crippen LogP contribution in [0.4, 0.5) is 0 Å². The standard InChI is InChI=1S/C17H22N4O3S/c1-4-25-10-13-7-5-6-8-14(13)16(22)18-11(2)15-9-21(20-19-15)12(3)17(23)24/h5-9,11-12H,4,10H2,1-3H3,(H,18,22)(H,23,24). The Morgan fingerprint density at radius 1 is 1.32 bits per heavy atom. The van der Waals surface area contributed by atoms with E-state index in [9.17, 15) is 9.59 Å². The predicted octanol–water partition coefficient (Wildman–Crippen LogP) is 2.67. The first-order chi connectivity index (χ1) is 11.9. The number of hydrogen-bond acceptors (Lipinski definition) is 5. The fourth-order valence-corrected chi connectivity index (χ4v) is 2.90. The molecule has 0 aliphatic carbocycles. The fraction of sp³-hybridized carbons (Fsp3) is 0.412. The van der Waals surface area contributed by atoms with Crippen LogP contribution in [0.15, 0.2) is 30.5 Å². The Morgan fingerprint density at radius 3 is 2.72 bits per heavy atom. The minimum absolute atomic E-state index is 0.180. The predicted molar refractivity (Wildman–Crippen MR) is 96.5 cm³/mol. The highest BCUT2D eigenvalue weighted by Gasteiger charge is 2.19. The minimum Gasteiger partial charge on any atom is -0.480 e. The van der Waals surface area contributed by atoms with Crippen LogP contribution >= 0.6 is 11.8 Å². The molecule has 2 N–H and O–H groups in total. The summed E-state index contributed by atoms with van der Waals surface area (Å²) in [6, 6.07) is 6.32. The molecule has 2 atom stereocenters. The number of aromatic nitrogens is 3. The number of thioether (sulfide) groups is 1. The summed E-state index contributed by atoms with van der Waals surface area (Å²) in [4.78, 5) is 23.6. The van der Waals surface area contributed by atoms with Crippen LogP contribution < -0.4 is 5.32 Å². The van der Waals surface area contributed by atoms with E-state index in [1.54, 1.807) is 30.9 Å². The van der Waals surface area contributed by atoms with Crippen molar-refractivity contribution in [2.45, 2.75) is 38.6 Å². The van der Waals surface area contributed by atoms with Crippen LogP contribution in [0, 0.1) is 0 Å². The maximum absolute atomic E-state index is 12.6. The van der Waals surface area contributed by atoms with Gasteiger partial charge in [-0.15, -0.1) is 5.10 Å². The van der Waals surface area contributed by atoms with Crippen LogP contribution in [0.2, 0.25) is 0 Å². The first-order valence-corrected chi connectivity index (χ1v) is 9.20. The SMILES string of the molecule is CCSCc1ccccc1C(=O)NC(C)c1cn(C(C)C(=O)O)nn1. The molecular formula is C17H22N4O3S. The second kappa shape index (κ2) is 8.66. The summed E-state index contributed by atoms with van der Waals surface area (Å²) in [6.07, 6.45) is 1.54. The normalized spacial score (nSPS) is 13.2. The van der Waals surface area contributed by atoms with Crippen LogP contribution in [0.3, 0.4) is 0 Å². The summed E-state index contributed by atoms with van der Waals surface area (Å²) in [5.74, 6) is 0.592. The number of nitrogens with zero attached hydrogens (tertiary/aromatic N) is 3. The Bertz CT molecular complexity index is 747. The van der Waals surface area contributed by atoms with Crippen molar-refractivity contribution < 1.29 is 14.7 Å². The lowest BCUT2D eigenvalue weighted by Gasteiger charge is -2.13. The quantitative estimate of drug-likeness (QED) is 0.749. The highest BCUT2D eigenvalue weighted by Crippen LogP contribution is 2.18. The van der Waals surface area contributed by atoms with Gasteiger partial charge in [-0.3, -0.25) is 4.79 Å². The Morgan fingerprint density at radius 2 is 2.04 bits per heavy atom. The van der Waals surface area contributed by atoms with Crippen molar-refractivity contribution in [2.24, 2.45) is 0 Å². The van der Waals surface area contributed by atoms with Crippen molar-refractivity contribution in [2.75, 3.05) is 5.75 Å². The van der Waals surface area contributed by atoms with Crippen LogP contribution in [0.5, 0.6) is 0 Å². The molecule has 1 aromatic heterocycles. The van der Waals surface area contributed by atoms with Gasteiger partial charge in [0.05, 0.1) is 12.2 Å². The average molecular weight is 362 g/mol. The van der Waals surface area contributed by atoms with Crippen molar-refractivity contribution in [1.29, 1.82) is 0 Å². The molecule has 1 heterocycles. The first kappa shape index (κ1) is 19.0. The smallest absolute Gasteiger partial charge is 0.328 e. The van der Waals surface area contributed by atoms with Gasteiger partial charge in [0.25, 0.3) is 5.91 Å². The van der Waals surface area contributed by atoms with Gasteiger partial charge in [-0.2, -0.15) is 11.8 Å². The maximum Gasteiger partial charge on any atom is 0.328 e. The monoisotopic (exact) mass is 362 g/mol. The van der Waals surface area contributed by atoms with E-state index in [0.717, 1.165) is 17.1 Å². The molecule has 7 nitrogen and oxygen atoms in total. The Labute approximate surface area is 150 Å². The van der Waals surface area contributed by atoms with E-state index >= 15 is 0 Å². The molecule has 0 aliphatic heterocycles. The molecule has 8 heteroatoms. The highest BCUT2D eigenvalue weighted by atomic mass is 32.2. The van der Waals surface area contributed by atoms with Crippen LogP contribution in [-0.4, -0.2) is 37.7 Å². The number of carboxylic acid groups (broad SMARTS) is 1. The third-order valence-electron chi connectivity index (χ3n) is 3.80. The van der Waals surface area contributed by atoms with Crippen molar-refractivity contribution >= 4 is 23.6 Å². The fourth-order valence-electron chi connectivity index (χ4n) is 2.22. The molecule has 2 unspecified atom stereocenters. The van der Waals surface area contributed by atoms with E-state index in [2.05, 4.69) is 22.6 Å². The zero-order valence-corrected chi connectivity index (χ0v) is 15.3. The van der Waals surface area contributed by atoms with Gasteiger partial charge in [0.1, 0.15) is 11.7 Å². The average Bonchev–Trinajstić information content (AvgIpc) is 3.09. The Kier molecular flexibility index (Phi) is 6.58. The van der Waals surface area contributed by atoms with Crippen molar-refractivity contribution in [3.8, 4) is 0 Å². The number of amides is 1. The summed E-state index contributed by atoms with van der Waals surface area (Å²) >= 11 is 1.76. The van der Waals surface area contributed by atoms with Crippen molar-refractivity contribution in [1.82, 2.24) is 20.3 Å². The summed E-state index contributed by atoms with van der Waals surface area (Å²) in [5, 5.41) is 19.7. The number of hydrogen-bond donors (Lipinski definition) is 2. The van der Waals surface area contributed by atoms with Crippen LogP contribution in [0.25, 0.3) is 0 Å². The van der Waals surface area contributed by atoms with Crippen molar-refractivity contribution in [3.05, 3.63) is 47.3 Å². The zero-order chi connectivity index (χ0) is 18.4. The molecule has 2 rings (SSSR count). The Hall–Kier alpha value is -2.35. The lowest BCUT2D eigenvalue weighted by molar-refractivity contribution is -0.140. The number of nitrogens with one attached hydrogen (secondary N) is 1. The highest BCUT2D eigenvalue weighted by molar-refractivity contribution is 7.98. The molecule has 134 valence electrons. The molecule has 1 amide bonds. The number of carbonyl (C=O) groups excluding carboxylic acids is 1. The minimum atomic E-state index is -0.990. The third-order valence-corrected chi connectivity index (χ3v) is 4.72. The van der Waals surface area contributed by atoms with Gasteiger partial charge in [0, 0.05) is 11.3 Å². The molecule has 0 aliphatic rings. The Balaban J connectivity index is 2.09. The molecule has 0 saturated carbocycles. The lowest BCUT2D eigenvalue weighted by atomic mass is 10.1. The number of carbonyl (C=O) groups is 2. The molecule has 0 spiro atoms. The number of carboxylic acids is 1. The van der Waals surface area contributed by atoms with E-state index < -0.39 is 12.0 Å². The van der Waals surface area contributed by atoms with Gasteiger partial charge in [0.15, 0.2) is 0 Å². The largest absolute Gasteiger partial charge is 0.480 e. The van der Waals surface area contributed by atoms with E-state index in [4.69, 9.17) is 5.11 Å². The van der Waals surface area contributed by atoms with Gasteiger partial charge in [0.2, 0.25) is 0 Å². The summed E-state index contributed by atoms with van der Waals surface area (Å²) in [6.45, 7) is 5.39. The number of aliphatic carboxylic acids is 1. The molecule has 0 bridgehead atoms. The van der Waals surface area contributed by atoms with Crippen LogP contribution in [-0.2, 0) is 10.5 Å². The summed E-state index contributed by atoms with van der Waals surface area (Å²) in [7, 11) is 0. The van der Waals surface area contributed by atoms with E-state index in [1.807, 2.05) is 18.2 Å². The topological polar surface area (TPSA) is 97.1 Å². The van der Waals surface area contributed by atoms with E-state index in [-0.39, 0.29) is 11.9 Å². The summed E-state index contributed by atoms with van der Waals surface area (Å²) in [5.41, 5.74) is 2.14. The van der Waals surface area contributed by atoms with Gasteiger partial charge < -0.3 is 10.4 Å². The first-order valence-electron chi connectivity index (χ1n) is 8.05. The number of benzene rings is 1. The van der Waals surface area contributed by atoms with Gasteiger partial charge in [-0.25, -0.2) is 9.48 Å². The number of rotatable bonds is 8. The lowest BCUT2D eigenvalue weighted by Crippen LogP contribution is -2.27. The zero-order valence-electron chi connectivity index (χ0n) is 14.5. The maximum atomic E-state index is 12.6. The van der Waals surface area contributed by atoms with E-state index in [1.165, 1.54) is 11.6 Å². The van der Waals surface area contributed by atoms with Crippen LogP contribution in [0.1, 0.15) is 54.5 Å². The molecule has 1 aromatic carbocycles. The molecule has 2 aromatic rings. The second-order valence-electron chi connectivity index (χ2n) is 5.63. The van der Waals surface area contributed by atoms with Gasteiger partial charge in [-0.1, -0.05) is 30.3 Å². The molecule has 0 radical (unpaired) electrons. The van der Waals surface area contributed by atoms with Crippen molar-refractivity contribution in [3.63, 3.8) is 0 Å². The van der Waals surface area contributed by atoms with Gasteiger partial charge in [-0.05, 0) is 31.2 Å². The van der Waals surface area contributed by atoms with E-state index in [0.29, 0.717) is 11.3 Å². The molecular weight excluding hydrogens is 340 g/mol. The second-order valence-corrected chi connectivity index (χ2v) is 6.90. The molecule has 0 fully saturated rings. The third kappa shape index (κ3) is 4.82.